The number of carbonyl (C=O) groups is 1. The Bertz CT molecular complexity index is 466. The second-order valence-corrected chi connectivity index (χ2v) is 5.21. The second kappa shape index (κ2) is 6.35. The molecule has 108 valence electrons. The normalized spacial score (nSPS) is 21.0. The van der Waals surface area contributed by atoms with Crippen LogP contribution in [0.25, 0.3) is 0 Å². The van der Waals surface area contributed by atoms with Crippen molar-refractivity contribution < 1.29 is 14.3 Å². The van der Waals surface area contributed by atoms with Gasteiger partial charge in [0.1, 0.15) is 0 Å². The van der Waals surface area contributed by atoms with Crippen molar-refractivity contribution in [2.24, 2.45) is 5.92 Å². The Labute approximate surface area is 118 Å². The van der Waals surface area contributed by atoms with Crippen molar-refractivity contribution in [3.8, 4) is 0 Å². The molecule has 0 atom stereocenters. The molecule has 1 aromatic rings. The minimum Gasteiger partial charge on any atom is -0.346 e. The van der Waals surface area contributed by atoms with E-state index in [1.54, 1.807) is 0 Å². The van der Waals surface area contributed by atoms with Gasteiger partial charge in [-0.1, -0.05) is 12.1 Å². The summed E-state index contributed by atoms with van der Waals surface area (Å²) in [6.07, 6.45) is 1.51. The summed E-state index contributed by atoms with van der Waals surface area (Å²) >= 11 is 0. The van der Waals surface area contributed by atoms with E-state index < -0.39 is 0 Å². The lowest BCUT2D eigenvalue weighted by molar-refractivity contribution is -0.120. The van der Waals surface area contributed by atoms with Gasteiger partial charge in [0.05, 0.1) is 13.2 Å². The first kappa shape index (κ1) is 13.5. The van der Waals surface area contributed by atoms with Crippen LogP contribution in [0, 0.1) is 5.92 Å². The van der Waals surface area contributed by atoms with Crippen molar-refractivity contribution in [1.82, 2.24) is 5.32 Å². The van der Waals surface area contributed by atoms with Crippen LogP contribution in [0.2, 0.25) is 0 Å². The van der Waals surface area contributed by atoms with Crippen molar-refractivity contribution in [3.63, 3.8) is 0 Å². The number of amides is 1. The summed E-state index contributed by atoms with van der Waals surface area (Å²) in [6, 6.07) is 7.70. The van der Waals surface area contributed by atoms with Gasteiger partial charge in [-0.25, -0.2) is 0 Å². The van der Waals surface area contributed by atoms with Gasteiger partial charge in [0.15, 0.2) is 6.29 Å². The summed E-state index contributed by atoms with van der Waals surface area (Å²) in [5.74, 6) is 0.218. The van der Waals surface area contributed by atoms with Crippen LogP contribution in [0.1, 0.15) is 24.7 Å². The Morgan fingerprint density at radius 2 is 1.95 bits per heavy atom. The van der Waals surface area contributed by atoms with Gasteiger partial charge in [-0.15, -0.1) is 0 Å². The third-order valence-electron chi connectivity index (χ3n) is 3.76. The van der Waals surface area contributed by atoms with Crippen LogP contribution in [0.5, 0.6) is 0 Å². The van der Waals surface area contributed by atoms with Crippen LogP contribution in [-0.2, 0) is 14.3 Å². The number of rotatable bonds is 3. The zero-order valence-electron chi connectivity index (χ0n) is 11.4. The van der Waals surface area contributed by atoms with Gasteiger partial charge in [0.2, 0.25) is 5.91 Å². The molecule has 2 aliphatic heterocycles. The summed E-state index contributed by atoms with van der Waals surface area (Å²) < 4.78 is 10.9. The molecular weight excluding hydrogens is 256 g/mol. The highest BCUT2D eigenvalue weighted by Gasteiger charge is 2.22. The van der Waals surface area contributed by atoms with E-state index in [0.29, 0.717) is 13.2 Å². The first-order valence-corrected chi connectivity index (χ1v) is 7.18. The molecule has 1 amide bonds. The van der Waals surface area contributed by atoms with E-state index >= 15 is 0 Å². The Morgan fingerprint density at radius 3 is 2.70 bits per heavy atom. The third-order valence-corrected chi connectivity index (χ3v) is 3.76. The van der Waals surface area contributed by atoms with Gasteiger partial charge in [-0.3, -0.25) is 4.79 Å². The van der Waals surface area contributed by atoms with Crippen molar-refractivity contribution >= 4 is 11.6 Å². The molecule has 2 fully saturated rings. The predicted molar refractivity (Wildman–Crippen MR) is 75.3 cm³/mol. The van der Waals surface area contributed by atoms with Crippen molar-refractivity contribution in [2.45, 2.75) is 19.1 Å². The average Bonchev–Trinajstić information content (AvgIpc) is 3.03. The fourth-order valence-electron chi connectivity index (χ4n) is 2.64. The highest BCUT2D eigenvalue weighted by molar-refractivity contribution is 5.92. The van der Waals surface area contributed by atoms with Gasteiger partial charge in [-0.05, 0) is 38.1 Å². The molecule has 1 aromatic carbocycles. The first-order chi connectivity index (χ1) is 9.83. The molecule has 5 heteroatoms. The lowest BCUT2D eigenvalue weighted by Crippen LogP contribution is -2.34. The van der Waals surface area contributed by atoms with Gasteiger partial charge in [0.25, 0.3) is 0 Å². The molecule has 3 rings (SSSR count). The standard InChI is InChI=1S/C15H20N2O3/c18-14(11-4-6-16-7-5-11)17-13-3-1-2-12(10-13)15-19-8-9-20-15/h1-3,10-11,15-16H,4-9H2,(H,17,18). The van der Waals surface area contributed by atoms with Crippen molar-refractivity contribution in [2.75, 3.05) is 31.6 Å². The van der Waals surface area contributed by atoms with Crippen LogP contribution >= 0.6 is 0 Å². The Morgan fingerprint density at radius 1 is 1.20 bits per heavy atom. The maximum Gasteiger partial charge on any atom is 0.227 e. The second-order valence-electron chi connectivity index (χ2n) is 5.21. The first-order valence-electron chi connectivity index (χ1n) is 7.18. The minimum atomic E-state index is -0.300. The number of hydrogen-bond donors (Lipinski definition) is 2. The molecule has 2 aliphatic rings. The average molecular weight is 276 g/mol. The molecule has 0 unspecified atom stereocenters. The number of nitrogens with one attached hydrogen (secondary N) is 2. The highest BCUT2D eigenvalue weighted by Crippen LogP contribution is 2.25. The summed E-state index contributed by atoms with van der Waals surface area (Å²) in [6.45, 7) is 3.08. The summed E-state index contributed by atoms with van der Waals surface area (Å²) in [5, 5.41) is 6.26. The van der Waals surface area contributed by atoms with Crippen LogP contribution in [0.4, 0.5) is 5.69 Å². The van der Waals surface area contributed by atoms with E-state index in [-0.39, 0.29) is 18.1 Å². The number of piperidine rings is 1. The smallest absolute Gasteiger partial charge is 0.227 e. The number of hydrogen-bond acceptors (Lipinski definition) is 4. The van der Waals surface area contributed by atoms with Gasteiger partial charge in [-0.2, -0.15) is 0 Å². The fraction of sp³-hybridized carbons (Fsp3) is 0.533. The number of ether oxygens (including phenoxy) is 2. The largest absolute Gasteiger partial charge is 0.346 e. The Kier molecular flexibility index (Phi) is 4.30. The molecule has 0 spiro atoms. The van der Waals surface area contributed by atoms with Crippen LogP contribution in [0.3, 0.4) is 0 Å². The lowest BCUT2D eigenvalue weighted by Gasteiger charge is -2.22. The summed E-state index contributed by atoms with van der Waals surface area (Å²) in [7, 11) is 0. The van der Waals surface area contributed by atoms with Crippen LogP contribution in [0.15, 0.2) is 24.3 Å². The van der Waals surface area contributed by atoms with E-state index in [4.69, 9.17) is 9.47 Å². The minimum absolute atomic E-state index is 0.108. The van der Waals surface area contributed by atoms with Crippen LogP contribution < -0.4 is 10.6 Å². The lowest BCUT2D eigenvalue weighted by atomic mass is 9.97. The molecule has 2 heterocycles. The molecule has 0 aromatic heterocycles. The quantitative estimate of drug-likeness (QED) is 0.881. The SMILES string of the molecule is O=C(Nc1cccc(C2OCCO2)c1)C1CCNCC1. The van der Waals surface area contributed by atoms with E-state index in [9.17, 15) is 4.79 Å². The van der Waals surface area contributed by atoms with Crippen LogP contribution in [-0.4, -0.2) is 32.2 Å². The van der Waals surface area contributed by atoms with E-state index in [0.717, 1.165) is 37.2 Å². The highest BCUT2D eigenvalue weighted by atomic mass is 16.7. The van der Waals surface area contributed by atoms with Crippen molar-refractivity contribution in [3.05, 3.63) is 29.8 Å². The molecule has 2 N–H and O–H groups in total. The zero-order chi connectivity index (χ0) is 13.8. The van der Waals surface area contributed by atoms with Gasteiger partial charge >= 0.3 is 0 Å². The molecule has 0 bridgehead atoms. The number of benzene rings is 1. The molecule has 5 nitrogen and oxygen atoms in total. The number of carbonyl (C=O) groups excluding carboxylic acids is 1. The van der Waals surface area contributed by atoms with E-state index in [1.165, 1.54) is 0 Å². The molecule has 0 aliphatic carbocycles. The summed E-state index contributed by atoms with van der Waals surface area (Å²) in [4.78, 5) is 12.2. The molecule has 20 heavy (non-hydrogen) atoms. The maximum atomic E-state index is 12.2. The molecular formula is C15H20N2O3. The summed E-state index contributed by atoms with van der Waals surface area (Å²) in [5.41, 5.74) is 1.76. The van der Waals surface area contributed by atoms with E-state index in [1.807, 2.05) is 24.3 Å². The van der Waals surface area contributed by atoms with Gasteiger partial charge < -0.3 is 20.1 Å². The number of anilines is 1. The maximum absolute atomic E-state index is 12.2. The van der Waals surface area contributed by atoms with Gasteiger partial charge in [0, 0.05) is 17.2 Å². The molecule has 0 saturated carbocycles. The monoisotopic (exact) mass is 276 g/mol. The van der Waals surface area contributed by atoms with E-state index in [2.05, 4.69) is 10.6 Å². The van der Waals surface area contributed by atoms with Crippen molar-refractivity contribution in [1.29, 1.82) is 0 Å². The Hall–Kier alpha value is -1.43. The third kappa shape index (κ3) is 3.17. The predicted octanol–water partition coefficient (Wildman–Crippen LogP) is 1.67. The topological polar surface area (TPSA) is 59.6 Å². The zero-order valence-corrected chi connectivity index (χ0v) is 11.4. The molecule has 2 saturated heterocycles. The Balaban J connectivity index is 1.64. The molecule has 0 radical (unpaired) electrons. The fourth-order valence-corrected chi connectivity index (χ4v) is 2.64.